The first-order chi connectivity index (χ1) is 8.54. The molecule has 0 saturated heterocycles. The largest absolute Gasteiger partial charge is 0.388 e. The van der Waals surface area contributed by atoms with Crippen molar-refractivity contribution in [2.24, 2.45) is 0 Å². The van der Waals surface area contributed by atoms with Crippen molar-refractivity contribution in [1.82, 2.24) is 9.78 Å². The van der Waals surface area contributed by atoms with Crippen molar-refractivity contribution in [2.75, 3.05) is 0 Å². The van der Waals surface area contributed by atoms with E-state index in [1.807, 2.05) is 42.8 Å². The summed E-state index contributed by atoms with van der Waals surface area (Å²) in [5, 5.41) is 14.3. The lowest BCUT2D eigenvalue weighted by Crippen LogP contribution is -2.01. The van der Waals surface area contributed by atoms with Gasteiger partial charge in [0.15, 0.2) is 0 Å². The van der Waals surface area contributed by atoms with Gasteiger partial charge >= 0.3 is 0 Å². The Morgan fingerprint density at radius 2 is 1.78 bits per heavy atom. The zero-order chi connectivity index (χ0) is 13.3. The van der Waals surface area contributed by atoms with Crippen LogP contribution in [0.5, 0.6) is 0 Å². The van der Waals surface area contributed by atoms with E-state index in [-0.39, 0.29) is 6.10 Å². The highest BCUT2D eigenvalue weighted by molar-refractivity contribution is 5.38. The second-order valence-corrected chi connectivity index (χ2v) is 4.72. The number of hydrogen-bond donors (Lipinski definition) is 1. The summed E-state index contributed by atoms with van der Waals surface area (Å²) in [5.74, 6) is 0. The fourth-order valence-electron chi connectivity index (χ4n) is 2.05. The first-order valence-electron chi connectivity index (χ1n) is 6.35. The molecule has 1 aromatic carbocycles. The van der Waals surface area contributed by atoms with Crippen LogP contribution in [-0.2, 0) is 0 Å². The Kier molecular flexibility index (Phi) is 3.53. The highest BCUT2D eigenvalue weighted by Crippen LogP contribution is 2.20. The van der Waals surface area contributed by atoms with Crippen LogP contribution in [0, 0.1) is 20.8 Å². The second kappa shape index (κ2) is 4.94. The number of benzene rings is 1. The summed E-state index contributed by atoms with van der Waals surface area (Å²) >= 11 is 0. The summed E-state index contributed by atoms with van der Waals surface area (Å²) in [7, 11) is 0. The lowest BCUT2D eigenvalue weighted by molar-refractivity contribution is 0.173. The maximum Gasteiger partial charge on any atom is 0.0787 e. The minimum atomic E-state index is -0.374. The number of aliphatic hydroxyl groups excluding tert-OH is 1. The minimum Gasteiger partial charge on any atom is -0.388 e. The maximum atomic E-state index is 9.77. The molecule has 0 spiro atoms. The standard InChI is InChI=1S/C15H20N2O/c1-5-15(18)13-6-8-14(9-7-13)17-12(4)10(2)11(3)16-17/h6-9,15,18H,5H2,1-4H3/t15-/m1/s1. The van der Waals surface area contributed by atoms with E-state index in [0.29, 0.717) is 0 Å². The smallest absolute Gasteiger partial charge is 0.0787 e. The molecule has 3 nitrogen and oxygen atoms in total. The van der Waals surface area contributed by atoms with Crippen LogP contribution >= 0.6 is 0 Å². The van der Waals surface area contributed by atoms with Gasteiger partial charge in [0.1, 0.15) is 0 Å². The van der Waals surface area contributed by atoms with Crippen LogP contribution in [0.25, 0.3) is 5.69 Å². The number of aliphatic hydroxyl groups is 1. The topological polar surface area (TPSA) is 38.0 Å². The predicted octanol–water partition coefficient (Wildman–Crippen LogP) is 3.24. The van der Waals surface area contributed by atoms with Crippen LogP contribution in [0.1, 0.15) is 42.0 Å². The number of aryl methyl sites for hydroxylation is 1. The molecule has 0 radical (unpaired) electrons. The van der Waals surface area contributed by atoms with Gasteiger partial charge < -0.3 is 5.11 Å². The Bertz CT molecular complexity index is 540. The van der Waals surface area contributed by atoms with Crippen molar-refractivity contribution in [1.29, 1.82) is 0 Å². The van der Waals surface area contributed by atoms with E-state index in [2.05, 4.69) is 18.9 Å². The molecule has 0 bridgehead atoms. The van der Waals surface area contributed by atoms with Crippen LogP contribution in [0.3, 0.4) is 0 Å². The number of rotatable bonds is 3. The van der Waals surface area contributed by atoms with Crippen molar-refractivity contribution < 1.29 is 5.11 Å². The molecule has 0 aliphatic carbocycles. The molecule has 1 heterocycles. The van der Waals surface area contributed by atoms with E-state index >= 15 is 0 Å². The van der Waals surface area contributed by atoms with Crippen LogP contribution < -0.4 is 0 Å². The molecule has 3 heteroatoms. The average molecular weight is 244 g/mol. The summed E-state index contributed by atoms with van der Waals surface area (Å²) < 4.78 is 1.95. The molecule has 0 fully saturated rings. The van der Waals surface area contributed by atoms with Crippen molar-refractivity contribution >= 4 is 0 Å². The SMILES string of the molecule is CC[C@@H](O)c1ccc(-n2nc(C)c(C)c2C)cc1. The zero-order valence-electron chi connectivity index (χ0n) is 11.4. The van der Waals surface area contributed by atoms with Gasteiger partial charge in [-0.2, -0.15) is 5.10 Å². The van der Waals surface area contributed by atoms with E-state index in [1.165, 1.54) is 5.56 Å². The molecule has 0 aliphatic heterocycles. The third-order valence-electron chi connectivity index (χ3n) is 3.56. The lowest BCUT2D eigenvalue weighted by atomic mass is 10.1. The van der Waals surface area contributed by atoms with Gasteiger partial charge in [-0.1, -0.05) is 19.1 Å². The van der Waals surface area contributed by atoms with Crippen molar-refractivity contribution in [2.45, 2.75) is 40.2 Å². The Hall–Kier alpha value is -1.61. The highest BCUT2D eigenvalue weighted by atomic mass is 16.3. The molecule has 2 aromatic rings. The summed E-state index contributed by atoms with van der Waals surface area (Å²) in [6.45, 7) is 8.16. The molecule has 1 aromatic heterocycles. The number of aromatic nitrogens is 2. The summed E-state index contributed by atoms with van der Waals surface area (Å²) in [4.78, 5) is 0. The van der Waals surface area contributed by atoms with Gasteiger partial charge in [-0.15, -0.1) is 0 Å². The first-order valence-corrected chi connectivity index (χ1v) is 6.35. The lowest BCUT2D eigenvalue weighted by Gasteiger charge is -2.10. The third-order valence-corrected chi connectivity index (χ3v) is 3.56. The fraction of sp³-hybridized carbons (Fsp3) is 0.400. The van der Waals surface area contributed by atoms with Gasteiger partial charge in [0.05, 0.1) is 17.5 Å². The molecule has 2 rings (SSSR count). The van der Waals surface area contributed by atoms with Gasteiger partial charge in [0.2, 0.25) is 0 Å². The summed E-state index contributed by atoms with van der Waals surface area (Å²) in [6, 6.07) is 7.95. The quantitative estimate of drug-likeness (QED) is 0.900. The van der Waals surface area contributed by atoms with Crippen LogP contribution in [0.2, 0.25) is 0 Å². The van der Waals surface area contributed by atoms with Gasteiger partial charge in [-0.3, -0.25) is 0 Å². The van der Waals surface area contributed by atoms with Crippen LogP contribution in [0.4, 0.5) is 0 Å². The van der Waals surface area contributed by atoms with E-state index in [9.17, 15) is 5.11 Å². The fourth-order valence-corrected chi connectivity index (χ4v) is 2.05. The summed E-state index contributed by atoms with van der Waals surface area (Å²) in [6.07, 6.45) is 0.361. The van der Waals surface area contributed by atoms with Crippen LogP contribution in [-0.4, -0.2) is 14.9 Å². The van der Waals surface area contributed by atoms with Gasteiger partial charge in [0, 0.05) is 5.69 Å². The number of hydrogen-bond acceptors (Lipinski definition) is 2. The number of nitrogens with zero attached hydrogens (tertiary/aromatic N) is 2. The molecule has 18 heavy (non-hydrogen) atoms. The molecule has 0 amide bonds. The molecule has 0 saturated carbocycles. The molecule has 96 valence electrons. The molecular weight excluding hydrogens is 224 g/mol. The zero-order valence-corrected chi connectivity index (χ0v) is 11.4. The van der Waals surface area contributed by atoms with E-state index in [1.54, 1.807) is 0 Å². The molecule has 0 unspecified atom stereocenters. The van der Waals surface area contributed by atoms with Crippen molar-refractivity contribution in [3.63, 3.8) is 0 Å². The van der Waals surface area contributed by atoms with Crippen molar-refractivity contribution in [3.8, 4) is 5.69 Å². The predicted molar refractivity (Wildman–Crippen MR) is 73.0 cm³/mol. The monoisotopic (exact) mass is 244 g/mol. The Balaban J connectivity index is 2.37. The molecular formula is C15H20N2O. The van der Waals surface area contributed by atoms with Gasteiger partial charge in [-0.25, -0.2) is 4.68 Å². The Morgan fingerprint density at radius 1 is 1.17 bits per heavy atom. The van der Waals surface area contributed by atoms with E-state index in [4.69, 9.17) is 0 Å². The molecule has 1 atom stereocenters. The average Bonchev–Trinajstić information content (AvgIpc) is 2.66. The van der Waals surface area contributed by atoms with E-state index < -0.39 is 0 Å². The molecule has 1 N–H and O–H groups in total. The normalized spacial score (nSPS) is 12.7. The van der Waals surface area contributed by atoms with Crippen LogP contribution in [0.15, 0.2) is 24.3 Å². The van der Waals surface area contributed by atoms with Gasteiger partial charge in [0.25, 0.3) is 0 Å². The van der Waals surface area contributed by atoms with Gasteiger partial charge in [-0.05, 0) is 50.5 Å². The minimum absolute atomic E-state index is 0.374. The van der Waals surface area contributed by atoms with E-state index in [0.717, 1.165) is 29.1 Å². The summed E-state index contributed by atoms with van der Waals surface area (Å²) in [5.41, 5.74) is 5.45. The third kappa shape index (κ3) is 2.18. The molecule has 0 aliphatic rings. The second-order valence-electron chi connectivity index (χ2n) is 4.72. The highest BCUT2D eigenvalue weighted by Gasteiger charge is 2.10. The Labute approximate surface area is 108 Å². The maximum absolute atomic E-state index is 9.77. The Morgan fingerprint density at radius 3 is 2.22 bits per heavy atom. The van der Waals surface area contributed by atoms with Crippen molar-refractivity contribution in [3.05, 3.63) is 46.8 Å². The first kappa shape index (κ1) is 12.8.